The first-order valence-electron chi connectivity index (χ1n) is 7.35. The van der Waals surface area contributed by atoms with Crippen LogP contribution in [0.15, 0.2) is 0 Å². The molecule has 17 heavy (non-hydrogen) atoms. The van der Waals surface area contributed by atoms with Gasteiger partial charge in [0, 0.05) is 44.3 Å². The summed E-state index contributed by atoms with van der Waals surface area (Å²) in [6.07, 6.45) is 1.25. The molecule has 0 aromatic carbocycles. The van der Waals surface area contributed by atoms with Crippen LogP contribution in [-0.4, -0.2) is 49.2 Å². The van der Waals surface area contributed by atoms with Crippen molar-refractivity contribution >= 4 is 0 Å². The van der Waals surface area contributed by atoms with Crippen LogP contribution in [0, 0.1) is 11.8 Å². The van der Waals surface area contributed by atoms with E-state index in [0.29, 0.717) is 12.1 Å². The third-order valence-electron chi connectivity index (χ3n) is 4.69. The predicted octanol–water partition coefficient (Wildman–Crippen LogP) is 1.30. The molecule has 2 unspecified atom stereocenters. The smallest absolute Gasteiger partial charge is 0.0349 e. The van der Waals surface area contributed by atoms with Crippen LogP contribution in [0.4, 0.5) is 0 Å². The van der Waals surface area contributed by atoms with Crippen molar-refractivity contribution < 1.29 is 0 Å². The Balaban J connectivity index is 2.20. The maximum Gasteiger partial charge on any atom is 0.0349 e. The molecule has 3 heteroatoms. The van der Waals surface area contributed by atoms with Gasteiger partial charge in [0.2, 0.25) is 0 Å². The summed E-state index contributed by atoms with van der Waals surface area (Å²) in [6.45, 7) is 14.2. The molecule has 2 fully saturated rings. The van der Waals surface area contributed by atoms with E-state index in [4.69, 9.17) is 0 Å². The molecule has 0 aliphatic carbocycles. The number of piperazine rings is 1. The van der Waals surface area contributed by atoms with Crippen molar-refractivity contribution in [1.82, 2.24) is 15.5 Å². The molecule has 0 saturated carbocycles. The summed E-state index contributed by atoms with van der Waals surface area (Å²) < 4.78 is 0. The van der Waals surface area contributed by atoms with Crippen LogP contribution in [-0.2, 0) is 0 Å². The van der Waals surface area contributed by atoms with Crippen LogP contribution in [0.25, 0.3) is 0 Å². The Bertz CT molecular complexity index is 242. The zero-order valence-electron chi connectivity index (χ0n) is 11.9. The first-order valence-corrected chi connectivity index (χ1v) is 7.35. The van der Waals surface area contributed by atoms with E-state index in [1.54, 1.807) is 0 Å². The van der Waals surface area contributed by atoms with Crippen molar-refractivity contribution in [3.63, 3.8) is 0 Å². The number of nitrogens with one attached hydrogen (secondary N) is 2. The minimum Gasteiger partial charge on any atom is -0.314 e. The van der Waals surface area contributed by atoms with Crippen molar-refractivity contribution in [2.75, 3.05) is 26.2 Å². The van der Waals surface area contributed by atoms with E-state index >= 15 is 0 Å². The highest BCUT2D eigenvalue weighted by atomic mass is 15.3. The molecule has 3 nitrogen and oxygen atoms in total. The number of hydrogen-bond donors (Lipinski definition) is 2. The van der Waals surface area contributed by atoms with Crippen LogP contribution >= 0.6 is 0 Å². The SMILES string of the molecule is CCC1NCC2CNCCN2[C@@H](C(C)C)[C@@H]1C. The Morgan fingerprint density at radius 1 is 1.29 bits per heavy atom. The largest absolute Gasteiger partial charge is 0.314 e. The molecule has 0 bridgehead atoms. The van der Waals surface area contributed by atoms with E-state index in [1.807, 2.05) is 0 Å². The van der Waals surface area contributed by atoms with Crippen LogP contribution < -0.4 is 10.6 Å². The molecule has 0 spiro atoms. The van der Waals surface area contributed by atoms with Crippen molar-refractivity contribution in [2.45, 2.75) is 52.2 Å². The quantitative estimate of drug-likeness (QED) is 0.761. The number of rotatable bonds is 2. The second-order valence-electron chi connectivity index (χ2n) is 6.11. The summed E-state index contributed by atoms with van der Waals surface area (Å²) in [5.74, 6) is 1.50. The van der Waals surface area contributed by atoms with E-state index in [9.17, 15) is 0 Å². The number of hydrogen-bond acceptors (Lipinski definition) is 3. The normalized spacial score (nSPS) is 40.1. The third-order valence-corrected chi connectivity index (χ3v) is 4.69. The molecule has 0 radical (unpaired) electrons. The van der Waals surface area contributed by atoms with Gasteiger partial charge in [-0.1, -0.05) is 27.7 Å². The molecular weight excluding hydrogens is 210 g/mol. The lowest BCUT2D eigenvalue weighted by molar-refractivity contribution is 0.0599. The summed E-state index contributed by atoms with van der Waals surface area (Å²) in [7, 11) is 0. The first-order chi connectivity index (χ1) is 8.15. The first kappa shape index (κ1) is 13.3. The van der Waals surface area contributed by atoms with Gasteiger partial charge in [0.15, 0.2) is 0 Å². The van der Waals surface area contributed by atoms with Crippen molar-refractivity contribution in [3.8, 4) is 0 Å². The molecule has 2 rings (SSSR count). The van der Waals surface area contributed by atoms with Gasteiger partial charge >= 0.3 is 0 Å². The van der Waals surface area contributed by atoms with Crippen LogP contribution in [0.1, 0.15) is 34.1 Å². The minimum atomic E-state index is 0.688. The van der Waals surface area contributed by atoms with Gasteiger partial charge in [-0.15, -0.1) is 0 Å². The molecule has 0 aromatic rings. The summed E-state index contributed by atoms with van der Waals surface area (Å²) in [5, 5.41) is 7.32. The molecule has 0 aromatic heterocycles. The lowest BCUT2D eigenvalue weighted by Crippen LogP contribution is -2.58. The zero-order valence-corrected chi connectivity index (χ0v) is 11.9. The maximum absolute atomic E-state index is 3.78. The van der Waals surface area contributed by atoms with Gasteiger partial charge in [0.05, 0.1) is 0 Å². The Morgan fingerprint density at radius 2 is 2.06 bits per heavy atom. The average Bonchev–Trinajstić information content (AvgIpc) is 2.45. The monoisotopic (exact) mass is 239 g/mol. The molecular formula is C14H29N3. The van der Waals surface area contributed by atoms with E-state index in [2.05, 4.69) is 43.2 Å². The summed E-state index contributed by atoms with van der Waals surface area (Å²) in [6, 6.07) is 2.12. The Labute approximate surface area is 106 Å². The highest BCUT2D eigenvalue weighted by Gasteiger charge is 2.39. The van der Waals surface area contributed by atoms with Gasteiger partial charge in [-0.25, -0.2) is 0 Å². The highest BCUT2D eigenvalue weighted by Crippen LogP contribution is 2.28. The summed E-state index contributed by atoms with van der Waals surface area (Å²) in [5.41, 5.74) is 0. The molecule has 2 aliphatic heterocycles. The van der Waals surface area contributed by atoms with Crippen LogP contribution in [0.2, 0.25) is 0 Å². The molecule has 0 amide bonds. The Morgan fingerprint density at radius 3 is 2.71 bits per heavy atom. The average molecular weight is 239 g/mol. The van der Waals surface area contributed by atoms with Gasteiger partial charge < -0.3 is 10.6 Å². The van der Waals surface area contributed by atoms with Gasteiger partial charge in [-0.3, -0.25) is 4.90 Å². The summed E-state index contributed by atoms with van der Waals surface area (Å²) in [4.78, 5) is 2.77. The predicted molar refractivity (Wildman–Crippen MR) is 73.2 cm³/mol. The van der Waals surface area contributed by atoms with E-state index in [1.165, 1.54) is 13.0 Å². The molecule has 2 heterocycles. The second-order valence-corrected chi connectivity index (χ2v) is 6.11. The van der Waals surface area contributed by atoms with Crippen molar-refractivity contribution in [1.29, 1.82) is 0 Å². The molecule has 4 atom stereocenters. The van der Waals surface area contributed by atoms with Gasteiger partial charge in [0.1, 0.15) is 0 Å². The number of nitrogens with zero attached hydrogens (tertiary/aromatic N) is 1. The fourth-order valence-corrected chi connectivity index (χ4v) is 3.88. The van der Waals surface area contributed by atoms with E-state index < -0.39 is 0 Å². The van der Waals surface area contributed by atoms with E-state index in [0.717, 1.165) is 37.5 Å². The van der Waals surface area contributed by atoms with E-state index in [-0.39, 0.29) is 0 Å². The van der Waals surface area contributed by atoms with Crippen LogP contribution in [0.3, 0.4) is 0 Å². The standard InChI is InChI=1S/C14H29N3/c1-5-13-11(4)14(10(2)3)17-7-6-15-8-12(17)9-16-13/h10-16H,5-9H2,1-4H3/t11-,12?,13?,14+/m1/s1. The number of fused-ring (bicyclic) bond motifs is 1. The van der Waals surface area contributed by atoms with Crippen molar-refractivity contribution in [3.05, 3.63) is 0 Å². The molecule has 2 saturated heterocycles. The Kier molecular flexibility index (Phi) is 4.45. The third kappa shape index (κ3) is 2.67. The van der Waals surface area contributed by atoms with Gasteiger partial charge in [-0.2, -0.15) is 0 Å². The lowest BCUT2D eigenvalue weighted by Gasteiger charge is -2.44. The molecule has 2 aliphatic rings. The Hall–Kier alpha value is -0.120. The van der Waals surface area contributed by atoms with Crippen LogP contribution in [0.5, 0.6) is 0 Å². The fraction of sp³-hybridized carbons (Fsp3) is 1.00. The summed E-state index contributed by atoms with van der Waals surface area (Å²) >= 11 is 0. The molecule has 100 valence electrons. The maximum atomic E-state index is 3.78. The van der Waals surface area contributed by atoms with Crippen molar-refractivity contribution in [2.24, 2.45) is 11.8 Å². The second kappa shape index (κ2) is 5.68. The molecule has 2 N–H and O–H groups in total. The minimum absolute atomic E-state index is 0.688. The van der Waals surface area contributed by atoms with Gasteiger partial charge in [0.25, 0.3) is 0 Å². The zero-order chi connectivity index (χ0) is 12.4. The fourth-order valence-electron chi connectivity index (χ4n) is 3.88. The van der Waals surface area contributed by atoms with Gasteiger partial charge in [-0.05, 0) is 18.3 Å². The topological polar surface area (TPSA) is 27.3 Å². The lowest BCUT2D eigenvalue weighted by atomic mass is 9.84. The highest BCUT2D eigenvalue weighted by molar-refractivity contribution is 4.96.